The van der Waals surface area contributed by atoms with Crippen molar-refractivity contribution in [2.45, 2.75) is 31.4 Å². The van der Waals surface area contributed by atoms with Crippen molar-refractivity contribution >= 4 is 37.8 Å². The minimum atomic E-state index is -0.0582. The fraction of sp³-hybridized carbons (Fsp3) is 0.462. The molecule has 0 aliphatic heterocycles. The lowest BCUT2D eigenvalue weighted by Crippen LogP contribution is -2.40. The molecule has 1 fully saturated rings. The average molecular weight is 377 g/mol. The molecule has 1 amide bonds. The van der Waals surface area contributed by atoms with Crippen LogP contribution in [-0.4, -0.2) is 25.2 Å². The summed E-state index contributed by atoms with van der Waals surface area (Å²) < 4.78 is 7.07. The van der Waals surface area contributed by atoms with Crippen LogP contribution in [0.5, 0.6) is 0 Å². The molecule has 3 nitrogen and oxygen atoms in total. The van der Waals surface area contributed by atoms with Crippen molar-refractivity contribution < 1.29 is 9.53 Å². The lowest BCUT2D eigenvalue weighted by atomic mass is 10.1. The third-order valence-electron chi connectivity index (χ3n) is 3.24. The minimum absolute atomic E-state index is 0.0582. The molecule has 2 unspecified atom stereocenters. The largest absolute Gasteiger partial charge is 0.379 e. The summed E-state index contributed by atoms with van der Waals surface area (Å²) in [6.07, 6.45) is 3.24. The van der Waals surface area contributed by atoms with Crippen molar-refractivity contribution in [1.29, 1.82) is 0 Å². The fourth-order valence-electron chi connectivity index (χ4n) is 2.29. The van der Waals surface area contributed by atoms with Gasteiger partial charge in [0, 0.05) is 16.1 Å². The first kappa shape index (κ1) is 14.0. The van der Waals surface area contributed by atoms with Gasteiger partial charge in [-0.2, -0.15) is 0 Å². The highest BCUT2D eigenvalue weighted by Gasteiger charge is 2.29. The van der Waals surface area contributed by atoms with Gasteiger partial charge in [-0.1, -0.05) is 15.9 Å². The van der Waals surface area contributed by atoms with E-state index in [1.54, 1.807) is 7.11 Å². The van der Waals surface area contributed by atoms with Crippen LogP contribution in [0.15, 0.2) is 27.1 Å². The Morgan fingerprint density at radius 3 is 2.89 bits per heavy atom. The maximum Gasteiger partial charge on any atom is 0.252 e. The van der Waals surface area contributed by atoms with Crippen LogP contribution in [0.4, 0.5) is 0 Å². The van der Waals surface area contributed by atoms with E-state index in [1.807, 2.05) is 18.2 Å². The summed E-state index contributed by atoms with van der Waals surface area (Å²) in [6.45, 7) is 0. The van der Waals surface area contributed by atoms with Gasteiger partial charge in [0.25, 0.3) is 5.91 Å². The number of amides is 1. The summed E-state index contributed by atoms with van der Waals surface area (Å²) in [6, 6.07) is 5.69. The van der Waals surface area contributed by atoms with Gasteiger partial charge >= 0.3 is 0 Å². The number of methoxy groups -OCH3 is 1. The van der Waals surface area contributed by atoms with E-state index in [-0.39, 0.29) is 18.1 Å². The van der Waals surface area contributed by atoms with Crippen molar-refractivity contribution in [1.82, 2.24) is 5.32 Å². The molecule has 2 atom stereocenters. The molecule has 1 N–H and O–H groups in total. The molecule has 0 spiro atoms. The summed E-state index contributed by atoms with van der Waals surface area (Å²) in [5, 5.41) is 3.05. The Hall–Kier alpha value is -0.390. The summed E-state index contributed by atoms with van der Waals surface area (Å²) in [7, 11) is 1.70. The Kier molecular flexibility index (Phi) is 4.81. The van der Waals surface area contributed by atoms with Gasteiger partial charge in [-0.3, -0.25) is 4.79 Å². The number of ether oxygens (including phenoxy) is 1. The SMILES string of the molecule is COC1CCCC1NC(=O)c1cc(Br)ccc1Br. The third-order valence-corrected chi connectivity index (χ3v) is 4.43. The van der Waals surface area contributed by atoms with Crippen molar-refractivity contribution in [2.75, 3.05) is 7.11 Å². The van der Waals surface area contributed by atoms with Gasteiger partial charge in [0.15, 0.2) is 0 Å². The van der Waals surface area contributed by atoms with Gasteiger partial charge in [-0.25, -0.2) is 0 Å². The van der Waals surface area contributed by atoms with Gasteiger partial charge in [0.2, 0.25) is 0 Å². The maximum atomic E-state index is 12.2. The molecule has 2 rings (SSSR count). The molecule has 1 aromatic rings. The van der Waals surface area contributed by atoms with Crippen LogP contribution in [0.25, 0.3) is 0 Å². The summed E-state index contributed by atoms with van der Waals surface area (Å²) in [5.74, 6) is -0.0582. The molecule has 1 aliphatic rings. The average Bonchev–Trinajstić information content (AvgIpc) is 2.79. The van der Waals surface area contributed by atoms with E-state index in [1.165, 1.54) is 0 Å². The maximum absolute atomic E-state index is 12.2. The number of carbonyl (C=O) groups is 1. The summed E-state index contributed by atoms with van der Waals surface area (Å²) in [4.78, 5) is 12.2. The topological polar surface area (TPSA) is 38.3 Å². The number of halogens is 2. The van der Waals surface area contributed by atoms with Crippen molar-refractivity contribution in [3.8, 4) is 0 Å². The predicted molar refractivity (Wildman–Crippen MR) is 77.7 cm³/mol. The standard InChI is InChI=1S/C13H15Br2NO2/c1-18-12-4-2-3-11(12)16-13(17)9-7-8(14)5-6-10(9)15/h5-7,11-12H,2-4H2,1H3,(H,16,17). The first-order valence-electron chi connectivity index (χ1n) is 5.90. The van der Waals surface area contributed by atoms with E-state index in [4.69, 9.17) is 4.74 Å². The second-order valence-corrected chi connectivity index (χ2v) is 6.18. The first-order chi connectivity index (χ1) is 8.61. The highest BCUT2D eigenvalue weighted by atomic mass is 79.9. The van der Waals surface area contributed by atoms with Crippen molar-refractivity contribution in [2.24, 2.45) is 0 Å². The molecule has 18 heavy (non-hydrogen) atoms. The van der Waals surface area contributed by atoms with E-state index in [2.05, 4.69) is 37.2 Å². The Balaban J connectivity index is 2.09. The zero-order chi connectivity index (χ0) is 13.1. The van der Waals surface area contributed by atoms with E-state index < -0.39 is 0 Å². The van der Waals surface area contributed by atoms with Gasteiger partial charge in [0.05, 0.1) is 17.7 Å². The molecule has 5 heteroatoms. The lowest BCUT2D eigenvalue weighted by molar-refractivity contribution is 0.0721. The molecule has 0 saturated heterocycles. The predicted octanol–water partition coefficient (Wildman–Crippen LogP) is 3.51. The number of rotatable bonds is 3. The van der Waals surface area contributed by atoms with Gasteiger partial charge in [-0.05, 0) is 53.4 Å². The Bertz CT molecular complexity index is 451. The lowest BCUT2D eigenvalue weighted by Gasteiger charge is -2.20. The van der Waals surface area contributed by atoms with Gasteiger partial charge < -0.3 is 10.1 Å². The molecule has 0 heterocycles. The molecule has 1 aliphatic carbocycles. The Morgan fingerprint density at radius 1 is 1.39 bits per heavy atom. The van der Waals surface area contributed by atoms with Crippen LogP contribution in [0.3, 0.4) is 0 Å². The number of benzene rings is 1. The monoisotopic (exact) mass is 375 g/mol. The van der Waals surface area contributed by atoms with Crippen LogP contribution >= 0.6 is 31.9 Å². The molecule has 98 valence electrons. The summed E-state index contributed by atoms with van der Waals surface area (Å²) >= 11 is 6.78. The molecule has 0 bridgehead atoms. The molecular weight excluding hydrogens is 362 g/mol. The van der Waals surface area contributed by atoms with Crippen LogP contribution in [0, 0.1) is 0 Å². The number of hydrogen-bond acceptors (Lipinski definition) is 2. The van der Waals surface area contributed by atoms with Crippen LogP contribution in [0.1, 0.15) is 29.6 Å². The highest BCUT2D eigenvalue weighted by Crippen LogP contribution is 2.24. The van der Waals surface area contributed by atoms with Crippen LogP contribution in [0.2, 0.25) is 0 Å². The van der Waals surface area contributed by atoms with E-state index in [0.29, 0.717) is 5.56 Å². The molecule has 0 radical (unpaired) electrons. The second-order valence-electron chi connectivity index (χ2n) is 4.41. The molecule has 0 aromatic heterocycles. The number of hydrogen-bond donors (Lipinski definition) is 1. The Morgan fingerprint density at radius 2 is 2.17 bits per heavy atom. The molecule has 1 aromatic carbocycles. The van der Waals surface area contributed by atoms with E-state index >= 15 is 0 Å². The van der Waals surface area contributed by atoms with E-state index in [0.717, 1.165) is 28.2 Å². The van der Waals surface area contributed by atoms with Crippen molar-refractivity contribution in [3.05, 3.63) is 32.7 Å². The zero-order valence-corrected chi connectivity index (χ0v) is 13.3. The van der Waals surface area contributed by atoms with Gasteiger partial charge in [0.1, 0.15) is 0 Å². The highest BCUT2D eigenvalue weighted by molar-refractivity contribution is 9.11. The summed E-state index contributed by atoms with van der Waals surface area (Å²) in [5.41, 5.74) is 0.645. The molecule has 1 saturated carbocycles. The Labute approximate surface area is 124 Å². The van der Waals surface area contributed by atoms with E-state index in [9.17, 15) is 4.79 Å². The zero-order valence-electron chi connectivity index (χ0n) is 10.1. The smallest absolute Gasteiger partial charge is 0.252 e. The quantitative estimate of drug-likeness (QED) is 0.876. The number of nitrogens with one attached hydrogen (secondary N) is 1. The van der Waals surface area contributed by atoms with Crippen molar-refractivity contribution in [3.63, 3.8) is 0 Å². The third kappa shape index (κ3) is 3.13. The number of carbonyl (C=O) groups excluding carboxylic acids is 1. The normalized spacial score (nSPS) is 23.1. The second kappa shape index (κ2) is 6.17. The minimum Gasteiger partial charge on any atom is -0.379 e. The first-order valence-corrected chi connectivity index (χ1v) is 7.49. The van der Waals surface area contributed by atoms with Gasteiger partial charge in [-0.15, -0.1) is 0 Å². The fourth-order valence-corrected chi connectivity index (χ4v) is 3.08. The van der Waals surface area contributed by atoms with Crippen LogP contribution < -0.4 is 5.32 Å². The molecular formula is C13H15Br2NO2. The van der Waals surface area contributed by atoms with Crippen LogP contribution in [-0.2, 0) is 4.74 Å².